The summed E-state index contributed by atoms with van der Waals surface area (Å²) in [6.45, 7) is 1.71. The predicted octanol–water partition coefficient (Wildman–Crippen LogP) is 0.645. The van der Waals surface area contributed by atoms with Gasteiger partial charge >= 0.3 is 5.97 Å². The Morgan fingerprint density at radius 3 is 2.83 bits per heavy atom. The molecule has 0 aromatic heterocycles. The van der Waals surface area contributed by atoms with Gasteiger partial charge in [0.05, 0.1) is 25.9 Å². The van der Waals surface area contributed by atoms with E-state index in [0.29, 0.717) is 19.8 Å². The minimum Gasteiger partial charge on any atom is -0.480 e. The second kappa shape index (κ2) is 6.49. The van der Waals surface area contributed by atoms with Crippen molar-refractivity contribution in [3.8, 4) is 0 Å². The molecule has 1 heterocycles. The largest absolute Gasteiger partial charge is 0.480 e. The average Bonchev–Trinajstić information content (AvgIpc) is 2.40. The Hall–Kier alpha value is -1.43. The minimum atomic E-state index is -0.876. The molecule has 1 aromatic rings. The fraction of sp³-hybridized carbons (Fsp3) is 0.462. The number of rotatable bonds is 5. The van der Waals surface area contributed by atoms with E-state index in [1.807, 2.05) is 30.3 Å². The van der Waals surface area contributed by atoms with Crippen LogP contribution in [0.5, 0.6) is 0 Å². The number of ether oxygens (including phenoxy) is 2. The number of nitrogens with one attached hydrogen (secondary N) is 1. The van der Waals surface area contributed by atoms with E-state index in [2.05, 4.69) is 5.32 Å². The first-order valence-corrected chi connectivity index (χ1v) is 5.95. The summed E-state index contributed by atoms with van der Waals surface area (Å²) in [5, 5.41) is 11.7. The lowest BCUT2D eigenvalue weighted by Crippen LogP contribution is -2.51. The molecule has 0 spiro atoms. The van der Waals surface area contributed by atoms with Crippen molar-refractivity contribution in [3.63, 3.8) is 0 Å². The van der Waals surface area contributed by atoms with Crippen molar-refractivity contribution in [1.82, 2.24) is 5.32 Å². The predicted molar refractivity (Wildman–Crippen MR) is 65.3 cm³/mol. The molecular weight excluding hydrogens is 234 g/mol. The quantitative estimate of drug-likeness (QED) is 0.804. The van der Waals surface area contributed by atoms with E-state index >= 15 is 0 Å². The van der Waals surface area contributed by atoms with Gasteiger partial charge < -0.3 is 14.6 Å². The van der Waals surface area contributed by atoms with E-state index in [1.165, 1.54) is 0 Å². The van der Waals surface area contributed by atoms with Gasteiger partial charge in [-0.25, -0.2) is 0 Å². The molecule has 2 rings (SSSR count). The zero-order valence-electron chi connectivity index (χ0n) is 10.0. The molecule has 1 fully saturated rings. The zero-order chi connectivity index (χ0) is 12.8. The molecule has 18 heavy (non-hydrogen) atoms. The van der Waals surface area contributed by atoms with Gasteiger partial charge in [0.15, 0.2) is 0 Å². The molecule has 5 heteroatoms. The lowest BCUT2D eigenvalue weighted by molar-refractivity contribution is -0.145. The van der Waals surface area contributed by atoms with Crippen LogP contribution in [-0.2, 0) is 20.9 Å². The number of carboxylic acid groups (broad SMARTS) is 1. The lowest BCUT2D eigenvalue weighted by Gasteiger charge is -2.27. The summed E-state index contributed by atoms with van der Waals surface area (Å²) in [4.78, 5) is 10.7. The highest BCUT2D eigenvalue weighted by atomic mass is 16.5. The third-order valence-corrected chi connectivity index (χ3v) is 2.80. The maximum atomic E-state index is 10.7. The molecule has 2 atom stereocenters. The number of carboxylic acids is 1. The normalized spacial score (nSPS) is 23.8. The first kappa shape index (κ1) is 13.0. The molecule has 1 aliphatic rings. The topological polar surface area (TPSA) is 67.8 Å². The van der Waals surface area contributed by atoms with E-state index in [9.17, 15) is 4.79 Å². The number of hydrogen-bond donors (Lipinski definition) is 2. The maximum absolute atomic E-state index is 10.7. The third kappa shape index (κ3) is 3.80. The number of hydrogen-bond acceptors (Lipinski definition) is 4. The number of morpholine rings is 1. The van der Waals surface area contributed by atoms with Crippen LogP contribution in [0.4, 0.5) is 0 Å². The SMILES string of the molecule is O=C(O)C1COC(COCc2ccccc2)CN1. The van der Waals surface area contributed by atoms with Crippen LogP contribution in [0.2, 0.25) is 0 Å². The highest BCUT2D eigenvalue weighted by Crippen LogP contribution is 2.05. The fourth-order valence-electron chi connectivity index (χ4n) is 1.77. The molecule has 1 aliphatic heterocycles. The van der Waals surface area contributed by atoms with Crippen molar-refractivity contribution in [2.45, 2.75) is 18.8 Å². The van der Waals surface area contributed by atoms with Gasteiger partial charge in [-0.2, -0.15) is 0 Å². The molecule has 0 amide bonds. The van der Waals surface area contributed by atoms with Crippen LogP contribution in [0, 0.1) is 0 Å². The van der Waals surface area contributed by atoms with Crippen LogP contribution < -0.4 is 5.32 Å². The van der Waals surface area contributed by atoms with Crippen LogP contribution in [-0.4, -0.2) is 43.0 Å². The molecular formula is C13H17NO4. The van der Waals surface area contributed by atoms with Gasteiger partial charge in [0, 0.05) is 6.54 Å². The number of carbonyl (C=O) groups is 1. The van der Waals surface area contributed by atoms with Crippen molar-refractivity contribution in [2.75, 3.05) is 19.8 Å². The van der Waals surface area contributed by atoms with Crippen LogP contribution in [0.1, 0.15) is 5.56 Å². The van der Waals surface area contributed by atoms with Gasteiger partial charge in [0.2, 0.25) is 0 Å². The monoisotopic (exact) mass is 251 g/mol. The molecule has 1 aromatic carbocycles. The molecule has 2 unspecified atom stereocenters. The molecule has 0 saturated carbocycles. The summed E-state index contributed by atoms with van der Waals surface area (Å²) in [7, 11) is 0. The van der Waals surface area contributed by atoms with Gasteiger partial charge in [-0.15, -0.1) is 0 Å². The summed E-state index contributed by atoms with van der Waals surface area (Å²) in [6, 6.07) is 9.30. The zero-order valence-corrected chi connectivity index (χ0v) is 10.0. The standard InChI is InChI=1S/C13H17NO4/c15-13(16)12-9-18-11(6-14-12)8-17-7-10-4-2-1-3-5-10/h1-5,11-12,14H,6-9H2,(H,15,16). The Morgan fingerprint density at radius 1 is 1.44 bits per heavy atom. The number of aliphatic carboxylic acids is 1. The Bertz CT molecular complexity index is 374. The van der Waals surface area contributed by atoms with Gasteiger partial charge in [-0.1, -0.05) is 30.3 Å². The van der Waals surface area contributed by atoms with Crippen LogP contribution in [0.15, 0.2) is 30.3 Å². The lowest BCUT2D eigenvalue weighted by atomic mass is 10.2. The summed E-state index contributed by atoms with van der Waals surface area (Å²) in [5.41, 5.74) is 1.12. The molecule has 98 valence electrons. The first-order valence-electron chi connectivity index (χ1n) is 5.95. The Morgan fingerprint density at radius 2 is 2.22 bits per heavy atom. The van der Waals surface area contributed by atoms with Gasteiger partial charge in [-0.3, -0.25) is 10.1 Å². The van der Waals surface area contributed by atoms with Gasteiger partial charge in [0.1, 0.15) is 6.04 Å². The minimum absolute atomic E-state index is 0.0793. The van der Waals surface area contributed by atoms with Gasteiger partial charge in [0.25, 0.3) is 0 Å². The van der Waals surface area contributed by atoms with Crippen molar-refractivity contribution >= 4 is 5.97 Å². The molecule has 1 saturated heterocycles. The summed E-state index contributed by atoms with van der Waals surface area (Å²) in [6.07, 6.45) is -0.0793. The highest BCUT2D eigenvalue weighted by molar-refractivity contribution is 5.73. The second-order valence-electron chi connectivity index (χ2n) is 4.26. The molecule has 0 aliphatic carbocycles. The summed E-state index contributed by atoms with van der Waals surface area (Å²) >= 11 is 0. The second-order valence-corrected chi connectivity index (χ2v) is 4.26. The van der Waals surface area contributed by atoms with E-state index in [1.54, 1.807) is 0 Å². The van der Waals surface area contributed by atoms with Crippen molar-refractivity contribution in [3.05, 3.63) is 35.9 Å². The smallest absolute Gasteiger partial charge is 0.323 e. The molecule has 5 nitrogen and oxygen atoms in total. The molecule has 0 radical (unpaired) electrons. The first-order chi connectivity index (χ1) is 8.75. The fourth-order valence-corrected chi connectivity index (χ4v) is 1.77. The third-order valence-electron chi connectivity index (χ3n) is 2.80. The highest BCUT2D eigenvalue weighted by Gasteiger charge is 2.25. The van der Waals surface area contributed by atoms with Crippen molar-refractivity contribution in [1.29, 1.82) is 0 Å². The Balaban J connectivity index is 1.65. The number of benzene rings is 1. The van der Waals surface area contributed by atoms with E-state index in [4.69, 9.17) is 14.6 Å². The van der Waals surface area contributed by atoms with Crippen LogP contribution in [0.25, 0.3) is 0 Å². The maximum Gasteiger partial charge on any atom is 0.323 e. The van der Waals surface area contributed by atoms with E-state index in [-0.39, 0.29) is 12.7 Å². The summed E-state index contributed by atoms with van der Waals surface area (Å²) in [5.74, 6) is -0.876. The van der Waals surface area contributed by atoms with E-state index in [0.717, 1.165) is 5.56 Å². The average molecular weight is 251 g/mol. The van der Waals surface area contributed by atoms with Crippen LogP contribution in [0.3, 0.4) is 0 Å². The van der Waals surface area contributed by atoms with Crippen LogP contribution >= 0.6 is 0 Å². The van der Waals surface area contributed by atoms with Gasteiger partial charge in [-0.05, 0) is 5.56 Å². The molecule has 0 bridgehead atoms. The summed E-state index contributed by atoms with van der Waals surface area (Å²) < 4.78 is 11.0. The van der Waals surface area contributed by atoms with Crippen molar-refractivity contribution < 1.29 is 19.4 Å². The Labute approximate surface area is 106 Å². The molecule has 2 N–H and O–H groups in total. The van der Waals surface area contributed by atoms with E-state index < -0.39 is 12.0 Å². The Kier molecular flexibility index (Phi) is 4.69. The van der Waals surface area contributed by atoms with Crippen molar-refractivity contribution in [2.24, 2.45) is 0 Å².